The first-order valence-electron chi connectivity index (χ1n) is 11.8. The highest BCUT2D eigenvalue weighted by molar-refractivity contribution is 6.08. The van der Waals surface area contributed by atoms with Gasteiger partial charge in [0.1, 0.15) is 5.66 Å². The molecule has 8 heteroatoms. The molecule has 0 atom stereocenters. The number of aliphatic imine (C=N–C) groups is 2. The quantitative estimate of drug-likeness (QED) is 0.778. The number of amides is 1. The number of likely N-dealkylation sites (tertiary alicyclic amines) is 1. The van der Waals surface area contributed by atoms with Crippen molar-refractivity contribution in [3.05, 3.63) is 23.8 Å². The van der Waals surface area contributed by atoms with Crippen molar-refractivity contribution in [3.8, 4) is 0 Å². The Balaban J connectivity index is 1.61. The lowest BCUT2D eigenvalue weighted by molar-refractivity contribution is 0.0793. The van der Waals surface area contributed by atoms with Crippen LogP contribution in [0.3, 0.4) is 0 Å². The summed E-state index contributed by atoms with van der Waals surface area (Å²) in [6.45, 7) is 3.69. The molecule has 1 saturated carbocycles. The molecule has 1 aliphatic carbocycles. The fraction of sp³-hybridized carbons (Fsp3) is 0.609. The van der Waals surface area contributed by atoms with Gasteiger partial charge < -0.3 is 21.3 Å². The molecule has 0 radical (unpaired) electrons. The van der Waals surface area contributed by atoms with Crippen molar-refractivity contribution in [1.29, 1.82) is 0 Å². The molecule has 1 aromatic carbocycles. The number of nitrogens with zero attached hydrogens (tertiary/aromatic N) is 5. The lowest BCUT2D eigenvalue weighted by Gasteiger charge is -2.46. The Bertz CT molecular complexity index is 907. The van der Waals surface area contributed by atoms with E-state index in [2.05, 4.69) is 20.9 Å². The first-order valence-corrected chi connectivity index (χ1v) is 11.8. The topological polar surface area (TPSA) is 104 Å². The molecule has 1 spiro atoms. The highest BCUT2D eigenvalue weighted by atomic mass is 16.2. The predicted molar refractivity (Wildman–Crippen MR) is 125 cm³/mol. The highest BCUT2D eigenvalue weighted by Crippen LogP contribution is 2.43. The molecule has 1 amide bonds. The van der Waals surface area contributed by atoms with E-state index >= 15 is 0 Å². The van der Waals surface area contributed by atoms with Crippen molar-refractivity contribution in [1.82, 2.24) is 4.90 Å². The van der Waals surface area contributed by atoms with Crippen LogP contribution in [0.2, 0.25) is 0 Å². The summed E-state index contributed by atoms with van der Waals surface area (Å²) in [5.41, 5.74) is 14.8. The zero-order chi connectivity index (χ0) is 21.4. The van der Waals surface area contributed by atoms with E-state index in [0.717, 1.165) is 76.1 Å². The summed E-state index contributed by atoms with van der Waals surface area (Å²) in [5.74, 6) is 0.725. The summed E-state index contributed by atoms with van der Waals surface area (Å²) in [5, 5.41) is 0. The van der Waals surface area contributed by atoms with Crippen molar-refractivity contribution in [2.45, 2.75) is 63.5 Å². The molecule has 2 saturated heterocycles. The van der Waals surface area contributed by atoms with E-state index in [1.165, 1.54) is 19.3 Å². The summed E-state index contributed by atoms with van der Waals surface area (Å²) in [4.78, 5) is 28.8. The molecular formula is C23H33N7O. The molecule has 5 rings (SSSR count). The molecule has 166 valence electrons. The Labute approximate surface area is 184 Å². The average Bonchev–Trinajstić information content (AvgIpc) is 3.47. The third-order valence-electron chi connectivity index (χ3n) is 7.15. The molecule has 1 aromatic rings. The largest absolute Gasteiger partial charge is 0.370 e. The van der Waals surface area contributed by atoms with E-state index in [1.54, 1.807) is 0 Å². The van der Waals surface area contributed by atoms with Crippen LogP contribution in [-0.4, -0.2) is 54.6 Å². The molecule has 4 aliphatic rings. The molecule has 4 N–H and O–H groups in total. The minimum atomic E-state index is -0.516. The van der Waals surface area contributed by atoms with Gasteiger partial charge >= 0.3 is 0 Å². The van der Waals surface area contributed by atoms with Crippen LogP contribution >= 0.6 is 0 Å². The van der Waals surface area contributed by atoms with Gasteiger partial charge in [0.15, 0.2) is 0 Å². The van der Waals surface area contributed by atoms with E-state index in [9.17, 15) is 4.79 Å². The molecule has 3 heterocycles. The van der Waals surface area contributed by atoms with Crippen molar-refractivity contribution in [2.24, 2.45) is 21.5 Å². The fourth-order valence-electron chi connectivity index (χ4n) is 5.63. The SMILES string of the molecule is NC1=NC2(CCCCC2)N(c2cc(C(=O)N3CCCC3)ccc2N2CCCC2)C(N)=N1. The lowest BCUT2D eigenvalue weighted by atomic mass is 9.87. The van der Waals surface area contributed by atoms with Gasteiger partial charge in [-0.25, -0.2) is 4.99 Å². The third-order valence-corrected chi connectivity index (χ3v) is 7.15. The first-order chi connectivity index (χ1) is 15.1. The van der Waals surface area contributed by atoms with Crippen molar-refractivity contribution in [3.63, 3.8) is 0 Å². The number of nitrogens with two attached hydrogens (primary N) is 2. The van der Waals surface area contributed by atoms with Crippen LogP contribution < -0.4 is 21.3 Å². The zero-order valence-electron chi connectivity index (χ0n) is 18.2. The van der Waals surface area contributed by atoms with Crippen LogP contribution in [0.4, 0.5) is 11.4 Å². The van der Waals surface area contributed by atoms with Gasteiger partial charge in [0.25, 0.3) is 5.91 Å². The Morgan fingerprint density at radius 3 is 2.26 bits per heavy atom. The van der Waals surface area contributed by atoms with E-state index in [0.29, 0.717) is 11.5 Å². The third kappa shape index (κ3) is 3.62. The van der Waals surface area contributed by atoms with Gasteiger partial charge in [-0.3, -0.25) is 9.69 Å². The molecule has 0 aromatic heterocycles. The zero-order valence-corrected chi connectivity index (χ0v) is 18.2. The average molecular weight is 424 g/mol. The van der Waals surface area contributed by atoms with E-state index in [1.807, 2.05) is 17.0 Å². The molecular weight excluding hydrogens is 390 g/mol. The second kappa shape index (κ2) is 8.05. The second-order valence-corrected chi connectivity index (χ2v) is 9.22. The van der Waals surface area contributed by atoms with Crippen molar-refractivity contribution in [2.75, 3.05) is 36.0 Å². The number of benzene rings is 1. The minimum Gasteiger partial charge on any atom is -0.370 e. The van der Waals surface area contributed by atoms with Gasteiger partial charge in [-0.1, -0.05) is 6.42 Å². The number of carbonyl (C=O) groups excluding carboxylic acids is 1. The molecule has 3 fully saturated rings. The normalized spacial score (nSPS) is 23.3. The predicted octanol–water partition coefficient (Wildman–Crippen LogP) is 2.63. The second-order valence-electron chi connectivity index (χ2n) is 9.22. The maximum Gasteiger partial charge on any atom is 0.253 e. The molecule has 31 heavy (non-hydrogen) atoms. The molecule has 0 unspecified atom stereocenters. The summed E-state index contributed by atoms with van der Waals surface area (Å²) in [6.07, 6.45) is 9.61. The summed E-state index contributed by atoms with van der Waals surface area (Å²) in [6, 6.07) is 6.08. The van der Waals surface area contributed by atoms with Crippen LogP contribution in [-0.2, 0) is 0 Å². The van der Waals surface area contributed by atoms with Crippen LogP contribution in [0.15, 0.2) is 28.2 Å². The Morgan fingerprint density at radius 1 is 0.871 bits per heavy atom. The maximum absolute atomic E-state index is 13.2. The number of anilines is 2. The van der Waals surface area contributed by atoms with Crippen LogP contribution in [0.1, 0.15) is 68.1 Å². The summed E-state index contributed by atoms with van der Waals surface area (Å²) >= 11 is 0. The van der Waals surface area contributed by atoms with Gasteiger partial charge in [0.2, 0.25) is 11.9 Å². The summed E-state index contributed by atoms with van der Waals surface area (Å²) < 4.78 is 0. The van der Waals surface area contributed by atoms with Gasteiger partial charge in [-0.15, -0.1) is 0 Å². The van der Waals surface area contributed by atoms with Crippen LogP contribution in [0, 0.1) is 0 Å². The number of carbonyl (C=O) groups is 1. The molecule has 8 nitrogen and oxygen atoms in total. The maximum atomic E-state index is 13.2. The Hall–Kier alpha value is -2.77. The van der Waals surface area contributed by atoms with E-state index in [4.69, 9.17) is 16.5 Å². The first kappa shape index (κ1) is 20.2. The van der Waals surface area contributed by atoms with Gasteiger partial charge in [-0.05, 0) is 69.6 Å². The number of hydrogen-bond donors (Lipinski definition) is 2. The highest BCUT2D eigenvalue weighted by Gasteiger charge is 2.44. The number of guanidine groups is 2. The van der Waals surface area contributed by atoms with E-state index in [-0.39, 0.29) is 11.9 Å². The summed E-state index contributed by atoms with van der Waals surface area (Å²) in [7, 11) is 0. The van der Waals surface area contributed by atoms with Gasteiger partial charge in [0.05, 0.1) is 11.4 Å². The Morgan fingerprint density at radius 2 is 1.55 bits per heavy atom. The van der Waals surface area contributed by atoms with Gasteiger partial charge in [-0.2, -0.15) is 4.99 Å². The lowest BCUT2D eigenvalue weighted by Crippen LogP contribution is -2.58. The smallest absolute Gasteiger partial charge is 0.253 e. The Kier molecular flexibility index (Phi) is 5.24. The van der Waals surface area contributed by atoms with Crippen molar-refractivity contribution < 1.29 is 4.79 Å². The molecule has 3 aliphatic heterocycles. The van der Waals surface area contributed by atoms with Crippen molar-refractivity contribution >= 4 is 29.2 Å². The number of rotatable bonds is 3. The van der Waals surface area contributed by atoms with Crippen LogP contribution in [0.25, 0.3) is 0 Å². The molecule has 0 bridgehead atoms. The van der Waals surface area contributed by atoms with Gasteiger partial charge in [0, 0.05) is 31.7 Å². The van der Waals surface area contributed by atoms with Crippen LogP contribution in [0.5, 0.6) is 0 Å². The number of hydrogen-bond acceptors (Lipinski definition) is 7. The van der Waals surface area contributed by atoms with E-state index < -0.39 is 5.66 Å². The standard InChI is InChI=1S/C23H33N7O/c24-21-26-22(25)30(23(27-21)10-2-1-3-11-23)19-16-17(20(31)29-14-6-7-15-29)8-9-18(19)28-12-4-5-13-28/h8-9,16H,1-7,10-15H2,(H4,24,25,26,27). The fourth-order valence-corrected chi connectivity index (χ4v) is 5.63. The monoisotopic (exact) mass is 423 g/mol. The minimum absolute atomic E-state index is 0.0972.